The average molecular weight is 1140 g/mol. The number of aliphatic hydroxyl groups excluding tert-OH is 1. The van der Waals surface area contributed by atoms with Gasteiger partial charge in [0, 0.05) is 19.3 Å². The van der Waals surface area contributed by atoms with E-state index in [0.717, 1.165) is 173 Å². The minimum absolute atomic E-state index is 0.128. The van der Waals surface area contributed by atoms with Gasteiger partial charge < -0.3 is 24.2 Å². The molecule has 0 heterocycles. The summed E-state index contributed by atoms with van der Waals surface area (Å²) in [4.78, 5) is 48.7. The Morgan fingerprint density at radius 2 is 0.613 bits per heavy atom. The zero-order valence-corrected chi connectivity index (χ0v) is 51.1. The summed E-state index contributed by atoms with van der Waals surface area (Å²) in [6, 6.07) is 0. The highest BCUT2D eigenvalue weighted by atomic mass is 31.2. The van der Waals surface area contributed by atoms with Gasteiger partial charge in [-0.05, 0) is 128 Å². The fourth-order valence-electron chi connectivity index (χ4n) is 7.94. The first-order chi connectivity index (χ1) is 39.2. The molecule has 0 aromatic heterocycles. The predicted molar refractivity (Wildman–Crippen MR) is 334 cm³/mol. The molecule has 0 spiro atoms. The monoisotopic (exact) mass is 1130 g/mol. The van der Waals surface area contributed by atoms with E-state index in [1.807, 2.05) is 0 Å². The zero-order valence-electron chi connectivity index (χ0n) is 50.2. The van der Waals surface area contributed by atoms with Crippen molar-refractivity contribution in [3.63, 3.8) is 0 Å². The Bertz CT molecular complexity index is 1850. The molecule has 0 amide bonds. The first kappa shape index (κ1) is 75.6. The molecule has 0 radical (unpaired) electrons. The molecule has 80 heavy (non-hydrogen) atoms. The van der Waals surface area contributed by atoms with E-state index in [1.165, 1.54) is 6.42 Å². The molecule has 11 nitrogen and oxygen atoms in total. The lowest BCUT2D eigenvalue weighted by molar-refractivity contribution is -0.161. The van der Waals surface area contributed by atoms with Gasteiger partial charge in [0.25, 0.3) is 0 Å². The second kappa shape index (κ2) is 60.7. The van der Waals surface area contributed by atoms with E-state index in [1.54, 1.807) is 0 Å². The Balaban J connectivity index is 4.79. The van der Waals surface area contributed by atoms with Crippen LogP contribution in [0.2, 0.25) is 0 Å². The maximum absolute atomic E-state index is 12.9. The summed E-state index contributed by atoms with van der Waals surface area (Å²) < 4.78 is 39.6. The van der Waals surface area contributed by atoms with Gasteiger partial charge in [0.15, 0.2) is 6.10 Å². The van der Waals surface area contributed by atoms with Crippen LogP contribution < -0.4 is 0 Å². The molecule has 0 saturated carbocycles. The third-order valence-electron chi connectivity index (χ3n) is 12.6. The normalized spacial score (nSPS) is 14.2. The van der Waals surface area contributed by atoms with Crippen molar-refractivity contribution in [2.75, 3.05) is 26.4 Å². The van der Waals surface area contributed by atoms with Crippen LogP contribution in [0.4, 0.5) is 0 Å². The summed E-state index contributed by atoms with van der Waals surface area (Å²) >= 11 is 0. The van der Waals surface area contributed by atoms with Gasteiger partial charge in [0.05, 0.1) is 19.8 Å². The highest BCUT2D eigenvalue weighted by Gasteiger charge is 2.28. The molecule has 2 N–H and O–H groups in total. The topological polar surface area (TPSA) is 155 Å². The number of esters is 3. The maximum atomic E-state index is 12.9. The molecular weight excluding hydrogens is 1020 g/mol. The van der Waals surface area contributed by atoms with Crippen LogP contribution in [0.1, 0.15) is 239 Å². The lowest BCUT2D eigenvalue weighted by Crippen LogP contribution is -2.30. The van der Waals surface area contributed by atoms with Gasteiger partial charge in [-0.15, -0.1) is 0 Å². The number of aliphatic hydroxyl groups is 1. The predicted octanol–water partition coefficient (Wildman–Crippen LogP) is 18.9. The van der Waals surface area contributed by atoms with E-state index in [0.29, 0.717) is 19.3 Å². The van der Waals surface area contributed by atoms with Crippen molar-refractivity contribution in [1.82, 2.24) is 0 Å². The molecule has 0 aliphatic heterocycles. The van der Waals surface area contributed by atoms with Crippen LogP contribution in [0.15, 0.2) is 134 Å². The first-order valence-electron chi connectivity index (χ1n) is 31.1. The van der Waals surface area contributed by atoms with Gasteiger partial charge >= 0.3 is 25.7 Å². The Morgan fingerprint density at radius 3 is 0.938 bits per heavy atom. The number of carbonyl (C=O) groups excluding carboxylic acids is 3. The largest absolute Gasteiger partial charge is 0.472 e. The summed E-state index contributed by atoms with van der Waals surface area (Å²) in [5, 5.41) is 9.85. The summed E-state index contributed by atoms with van der Waals surface area (Å²) in [7, 11) is -4.78. The van der Waals surface area contributed by atoms with E-state index in [2.05, 4.69) is 154 Å². The smallest absolute Gasteiger partial charge is 0.462 e. The Morgan fingerprint density at radius 1 is 0.350 bits per heavy atom. The molecule has 0 bridgehead atoms. The third kappa shape index (κ3) is 58.3. The summed E-state index contributed by atoms with van der Waals surface area (Å²) in [6.07, 6.45) is 76.8. The number of allylic oxidation sites excluding steroid dienone is 22. The van der Waals surface area contributed by atoms with E-state index in [4.69, 9.17) is 23.3 Å². The van der Waals surface area contributed by atoms with E-state index >= 15 is 0 Å². The van der Waals surface area contributed by atoms with Crippen LogP contribution in [0.5, 0.6) is 0 Å². The fraction of sp³-hybridized carbons (Fsp3) is 0.632. The number of hydrogen-bond acceptors (Lipinski definition) is 10. The van der Waals surface area contributed by atoms with Gasteiger partial charge in [0.1, 0.15) is 12.7 Å². The summed E-state index contributed by atoms with van der Waals surface area (Å²) in [5.41, 5.74) is 0. The lowest BCUT2D eigenvalue weighted by Gasteiger charge is -2.21. The van der Waals surface area contributed by atoms with Gasteiger partial charge in [-0.25, -0.2) is 4.57 Å². The van der Waals surface area contributed by atoms with Crippen LogP contribution in [0, 0.1) is 0 Å². The second-order valence-corrected chi connectivity index (χ2v) is 21.5. The zero-order chi connectivity index (χ0) is 58.3. The molecule has 0 aromatic rings. The Hall–Kier alpha value is -4.38. The van der Waals surface area contributed by atoms with Gasteiger partial charge in [-0.3, -0.25) is 23.4 Å². The van der Waals surface area contributed by atoms with Gasteiger partial charge in [-0.1, -0.05) is 225 Å². The van der Waals surface area contributed by atoms with Gasteiger partial charge in [0.2, 0.25) is 0 Å². The van der Waals surface area contributed by atoms with Crippen molar-refractivity contribution in [2.45, 2.75) is 251 Å². The van der Waals surface area contributed by atoms with Crippen molar-refractivity contribution in [3.8, 4) is 0 Å². The second-order valence-electron chi connectivity index (χ2n) is 20.1. The minimum atomic E-state index is -4.78. The molecule has 0 aliphatic rings. The summed E-state index contributed by atoms with van der Waals surface area (Å²) in [5.74, 6) is -1.53. The van der Waals surface area contributed by atoms with Crippen LogP contribution in [-0.2, 0) is 42.2 Å². The fourth-order valence-corrected chi connectivity index (χ4v) is 8.72. The molecule has 12 heteroatoms. The number of phosphoric ester groups is 1. The molecule has 0 fully saturated rings. The number of phosphoric acid groups is 1. The summed E-state index contributed by atoms with van der Waals surface area (Å²) in [6.45, 7) is 4.25. The molecular formula is C68H111O11P. The molecule has 0 aromatic carbocycles. The quantitative estimate of drug-likeness (QED) is 0.0197. The molecule has 0 rings (SSSR count). The SMILES string of the molecule is CC/C=C\C/C=C\C/C=C\C/C=C\CCCCCCCCC(=O)OCC(COP(=O)(O)OCC(CO)OC(=O)CCCCCCCCC/C=C\C/C=C\C/C=C\CC)OC(=O)CCCCCC/C=C\C/C=C\C/C=C\C/C=C\CC. The van der Waals surface area contributed by atoms with Crippen molar-refractivity contribution in [1.29, 1.82) is 0 Å². The van der Waals surface area contributed by atoms with Crippen LogP contribution in [0.3, 0.4) is 0 Å². The number of rotatable bonds is 56. The van der Waals surface area contributed by atoms with Crippen molar-refractivity contribution >= 4 is 25.7 Å². The standard InChI is InChI=1S/C68H111O11P/c1-4-7-10-13-16-19-22-25-28-31-32-35-36-39-42-45-48-51-54-57-66(70)75-61-65(79-68(72)59-56-53-50-47-44-41-38-34-30-27-24-21-18-15-12-9-6-3)63-77-80(73,74)76-62-64(60-69)78-67(71)58-55-52-49-46-43-40-37-33-29-26-23-20-17-14-11-8-5-2/h7-12,16-21,25-30,32,35,38,41,64-65,69H,4-6,13-15,22-24,31,33-34,36-37,39-40,42-63H2,1-3H3,(H,73,74)/b10-7-,11-8-,12-9-,19-16-,20-17-,21-18-,28-25-,29-26-,30-27-,35-32-,41-38-. The lowest BCUT2D eigenvalue weighted by atomic mass is 10.1. The van der Waals surface area contributed by atoms with Crippen molar-refractivity contribution in [3.05, 3.63) is 134 Å². The molecule has 454 valence electrons. The number of carbonyl (C=O) groups is 3. The highest BCUT2D eigenvalue weighted by molar-refractivity contribution is 7.47. The Kier molecular flexibility index (Phi) is 57.4. The van der Waals surface area contributed by atoms with E-state index in [-0.39, 0.29) is 25.9 Å². The average Bonchev–Trinajstić information content (AvgIpc) is 3.45. The molecule has 3 unspecified atom stereocenters. The van der Waals surface area contributed by atoms with Crippen molar-refractivity contribution < 1.29 is 52.2 Å². The number of hydrogen-bond donors (Lipinski definition) is 2. The van der Waals surface area contributed by atoms with Crippen LogP contribution in [-0.4, -0.2) is 66.5 Å². The van der Waals surface area contributed by atoms with Crippen molar-refractivity contribution in [2.24, 2.45) is 0 Å². The van der Waals surface area contributed by atoms with E-state index in [9.17, 15) is 28.9 Å². The van der Waals surface area contributed by atoms with Gasteiger partial charge in [-0.2, -0.15) is 0 Å². The minimum Gasteiger partial charge on any atom is -0.462 e. The number of unbranched alkanes of at least 4 members (excludes halogenated alkanes) is 17. The first-order valence-corrected chi connectivity index (χ1v) is 32.6. The maximum Gasteiger partial charge on any atom is 0.472 e. The third-order valence-corrected chi connectivity index (χ3v) is 13.5. The number of ether oxygens (including phenoxy) is 3. The molecule has 3 atom stereocenters. The van der Waals surface area contributed by atoms with Crippen LogP contribution in [0.25, 0.3) is 0 Å². The van der Waals surface area contributed by atoms with E-state index < -0.39 is 57.8 Å². The Labute approximate surface area is 487 Å². The van der Waals surface area contributed by atoms with Crippen LogP contribution >= 0.6 is 7.82 Å². The highest BCUT2D eigenvalue weighted by Crippen LogP contribution is 2.43. The molecule has 0 aliphatic carbocycles. The molecule has 0 saturated heterocycles.